The van der Waals surface area contributed by atoms with Crippen molar-refractivity contribution in [3.8, 4) is 0 Å². The van der Waals surface area contributed by atoms with Crippen LogP contribution < -0.4 is 5.73 Å². The van der Waals surface area contributed by atoms with Crippen molar-refractivity contribution in [1.82, 2.24) is 9.80 Å². The number of aryl methyl sites for hydroxylation is 1. The van der Waals surface area contributed by atoms with Crippen molar-refractivity contribution < 1.29 is 9.53 Å². The number of carbonyl (C=O) groups is 1. The van der Waals surface area contributed by atoms with Gasteiger partial charge in [0.15, 0.2) is 0 Å². The van der Waals surface area contributed by atoms with Crippen LogP contribution in [0.3, 0.4) is 0 Å². The highest BCUT2D eigenvalue weighted by Crippen LogP contribution is 2.35. The summed E-state index contributed by atoms with van der Waals surface area (Å²) in [5.74, 6) is 0. The SMILES string of the molecule is C=C1C=Cc2cc(CC)ccc2C(N2CCN(C(=O)OC(C)C)CC2)C1.CC.CN. The molecule has 0 saturated carbocycles. The van der Waals surface area contributed by atoms with E-state index in [-0.39, 0.29) is 12.2 Å². The van der Waals surface area contributed by atoms with Gasteiger partial charge in [0, 0.05) is 32.2 Å². The summed E-state index contributed by atoms with van der Waals surface area (Å²) in [5.41, 5.74) is 9.69. The standard InChI is InChI=1S/C22H30N2O2.C2H6.CH5N/c1-5-18-7-9-20-19(15-18)8-6-17(4)14-21(20)23-10-12-24(13-11-23)22(25)26-16(2)3;2*1-2/h6-9,15-16,21H,4-5,10-14H2,1-3H3;1-2H3;2H2,1H3. The monoisotopic (exact) mass is 415 g/mol. The van der Waals surface area contributed by atoms with Gasteiger partial charge in [-0.15, -0.1) is 0 Å². The Kier molecular flexibility index (Phi) is 11.4. The summed E-state index contributed by atoms with van der Waals surface area (Å²) in [5, 5.41) is 0. The molecule has 0 bridgehead atoms. The minimum atomic E-state index is -0.195. The van der Waals surface area contributed by atoms with Crippen LogP contribution in [0.25, 0.3) is 6.08 Å². The van der Waals surface area contributed by atoms with Gasteiger partial charge in [0.1, 0.15) is 0 Å². The number of ether oxygens (including phenoxy) is 1. The quantitative estimate of drug-likeness (QED) is 0.752. The van der Waals surface area contributed by atoms with E-state index in [1.54, 1.807) is 0 Å². The topological polar surface area (TPSA) is 58.8 Å². The van der Waals surface area contributed by atoms with Crippen LogP contribution in [0.1, 0.15) is 63.8 Å². The fourth-order valence-corrected chi connectivity index (χ4v) is 3.74. The maximum absolute atomic E-state index is 12.1. The lowest BCUT2D eigenvalue weighted by Crippen LogP contribution is -2.50. The van der Waals surface area contributed by atoms with Crippen LogP contribution in [0.15, 0.2) is 36.4 Å². The number of hydrogen-bond acceptors (Lipinski definition) is 4. The maximum atomic E-state index is 12.1. The molecule has 1 heterocycles. The molecule has 30 heavy (non-hydrogen) atoms. The van der Waals surface area contributed by atoms with Crippen LogP contribution in [-0.4, -0.2) is 55.2 Å². The molecule has 5 heteroatoms. The number of hydrogen-bond donors (Lipinski definition) is 1. The Hall–Kier alpha value is -2.11. The molecule has 1 aromatic carbocycles. The van der Waals surface area contributed by atoms with Gasteiger partial charge in [0.05, 0.1) is 6.10 Å². The fourth-order valence-electron chi connectivity index (χ4n) is 3.74. The van der Waals surface area contributed by atoms with Crippen molar-refractivity contribution in [3.63, 3.8) is 0 Å². The van der Waals surface area contributed by atoms with Crippen LogP contribution in [-0.2, 0) is 11.2 Å². The van der Waals surface area contributed by atoms with Gasteiger partial charge >= 0.3 is 6.09 Å². The number of fused-ring (bicyclic) bond motifs is 1. The van der Waals surface area contributed by atoms with Crippen molar-refractivity contribution in [2.45, 2.75) is 59.6 Å². The van der Waals surface area contributed by atoms with Gasteiger partial charge in [0.25, 0.3) is 0 Å². The Morgan fingerprint density at radius 2 is 1.80 bits per heavy atom. The maximum Gasteiger partial charge on any atom is 0.410 e. The molecule has 0 aromatic heterocycles. The van der Waals surface area contributed by atoms with Gasteiger partial charge < -0.3 is 15.4 Å². The minimum absolute atomic E-state index is 0.0728. The highest BCUT2D eigenvalue weighted by atomic mass is 16.6. The highest BCUT2D eigenvalue weighted by molar-refractivity contribution is 5.68. The van der Waals surface area contributed by atoms with Crippen molar-refractivity contribution in [1.29, 1.82) is 0 Å². The molecule has 1 aliphatic carbocycles. The van der Waals surface area contributed by atoms with Gasteiger partial charge in [-0.05, 0) is 50.4 Å². The average molecular weight is 416 g/mol. The Bertz CT molecular complexity index is 704. The largest absolute Gasteiger partial charge is 0.447 e. The molecule has 1 unspecified atom stereocenters. The smallest absolute Gasteiger partial charge is 0.410 e. The van der Waals surface area contributed by atoms with Gasteiger partial charge in [-0.3, -0.25) is 4.90 Å². The van der Waals surface area contributed by atoms with E-state index in [1.165, 1.54) is 23.7 Å². The summed E-state index contributed by atoms with van der Waals surface area (Å²) in [4.78, 5) is 16.4. The van der Waals surface area contributed by atoms with E-state index in [0.717, 1.165) is 31.5 Å². The van der Waals surface area contributed by atoms with E-state index < -0.39 is 0 Å². The van der Waals surface area contributed by atoms with E-state index in [9.17, 15) is 4.79 Å². The zero-order valence-corrected chi connectivity index (χ0v) is 19.8. The highest BCUT2D eigenvalue weighted by Gasteiger charge is 2.29. The molecule has 1 aliphatic heterocycles. The summed E-state index contributed by atoms with van der Waals surface area (Å²) < 4.78 is 5.33. The van der Waals surface area contributed by atoms with Crippen LogP contribution in [0.4, 0.5) is 4.79 Å². The van der Waals surface area contributed by atoms with E-state index in [2.05, 4.69) is 54.5 Å². The lowest BCUT2D eigenvalue weighted by atomic mass is 9.94. The van der Waals surface area contributed by atoms with Crippen molar-refractivity contribution in [2.75, 3.05) is 33.2 Å². The Morgan fingerprint density at radius 3 is 2.37 bits per heavy atom. The summed E-state index contributed by atoms with van der Waals surface area (Å²) in [6.45, 7) is 17.3. The predicted molar refractivity (Wildman–Crippen MR) is 128 cm³/mol. The first kappa shape index (κ1) is 25.9. The zero-order valence-electron chi connectivity index (χ0n) is 19.8. The first-order chi connectivity index (χ1) is 14.5. The molecule has 1 aromatic rings. The van der Waals surface area contributed by atoms with E-state index in [0.29, 0.717) is 19.1 Å². The predicted octanol–water partition coefficient (Wildman–Crippen LogP) is 5.03. The number of allylic oxidation sites excluding steroid dienone is 1. The van der Waals surface area contributed by atoms with E-state index in [4.69, 9.17) is 4.74 Å². The number of amides is 1. The van der Waals surface area contributed by atoms with Crippen LogP contribution in [0, 0.1) is 0 Å². The lowest BCUT2D eigenvalue weighted by molar-refractivity contribution is 0.0478. The molecule has 1 amide bonds. The van der Waals surface area contributed by atoms with Gasteiger partial charge in [0.2, 0.25) is 0 Å². The summed E-state index contributed by atoms with van der Waals surface area (Å²) >= 11 is 0. The molecule has 0 spiro atoms. The first-order valence-corrected chi connectivity index (χ1v) is 11.2. The molecule has 1 saturated heterocycles. The number of piperazine rings is 1. The number of carbonyl (C=O) groups excluding carboxylic acids is 1. The van der Waals surface area contributed by atoms with Crippen molar-refractivity contribution in [3.05, 3.63) is 53.1 Å². The first-order valence-electron chi connectivity index (χ1n) is 11.2. The molecular formula is C25H41N3O2. The van der Waals surface area contributed by atoms with Crippen LogP contribution in [0.2, 0.25) is 0 Å². The molecule has 0 radical (unpaired) electrons. The Morgan fingerprint density at radius 1 is 1.17 bits per heavy atom. The molecule has 3 rings (SSSR count). The number of nitrogens with two attached hydrogens (primary N) is 1. The molecule has 2 aliphatic rings. The minimum Gasteiger partial charge on any atom is -0.447 e. The third-order valence-electron chi connectivity index (χ3n) is 5.22. The summed E-state index contributed by atoms with van der Waals surface area (Å²) in [6, 6.07) is 7.14. The van der Waals surface area contributed by atoms with E-state index >= 15 is 0 Å². The lowest BCUT2D eigenvalue weighted by Gasteiger charge is -2.39. The van der Waals surface area contributed by atoms with Crippen LogP contribution >= 0.6 is 0 Å². The normalized spacial score (nSPS) is 18.5. The average Bonchev–Trinajstić information content (AvgIpc) is 2.94. The van der Waals surface area contributed by atoms with Gasteiger partial charge in [-0.1, -0.05) is 63.3 Å². The Balaban J connectivity index is 0.00000106. The van der Waals surface area contributed by atoms with Gasteiger partial charge in [-0.25, -0.2) is 4.79 Å². The second kappa shape index (κ2) is 13.2. The second-order valence-corrected chi connectivity index (χ2v) is 7.48. The number of rotatable bonds is 3. The Labute approximate surface area is 183 Å². The van der Waals surface area contributed by atoms with E-state index in [1.807, 2.05) is 32.6 Å². The third kappa shape index (κ3) is 6.99. The molecule has 5 nitrogen and oxygen atoms in total. The van der Waals surface area contributed by atoms with Crippen molar-refractivity contribution in [2.24, 2.45) is 5.73 Å². The van der Waals surface area contributed by atoms with Crippen molar-refractivity contribution >= 4 is 12.2 Å². The van der Waals surface area contributed by atoms with Gasteiger partial charge in [-0.2, -0.15) is 0 Å². The summed E-state index contributed by atoms with van der Waals surface area (Å²) in [6.07, 6.45) is 6.06. The third-order valence-corrected chi connectivity index (χ3v) is 5.22. The number of benzene rings is 1. The molecule has 2 N–H and O–H groups in total. The zero-order chi connectivity index (χ0) is 22.7. The second-order valence-electron chi connectivity index (χ2n) is 7.48. The fraction of sp³-hybridized carbons (Fsp3) is 0.560. The molecule has 168 valence electrons. The molecule has 1 atom stereocenters. The van der Waals surface area contributed by atoms with Crippen LogP contribution in [0.5, 0.6) is 0 Å². The number of nitrogens with zero attached hydrogens (tertiary/aromatic N) is 2. The molecule has 1 fully saturated rings. The molecular weight excluding hydrogens is 374 g/mol. The summed E-state index contributed by atoms with van der Waals surface area (Å²) in [7, 11) is 1.50.